The maximum Gasteiger partial charge on any atom is 0.138 e. The topological polar surface area (TPSA) is 42.9 Å². The highest BCUT2D eigenvalue weighted by Crippen LogP contribution is 2.49. The molecule has 9 aromatic rings. The van der Waals surface area contributed by atoms with Gasteiger partial charge in [-0.05, 0) is 78.2 Å². The number of hydrogen-bond acceptors (Lipinski definition) is 2. The van der Waals surface area contributed by atoms with Crippen LogP contribution in [0, 0.1) is 11.3 Å². The molecule has 3 heterocycles. The average molecular weight is 628 g/mol. The number of fused-ring (bicyclic) bond motifs is 10. The molecule has 49 heavy (non-hydrogen) atoms. The Morgan fingerprint density at radius 2 is 1.10 bits per heavy atom. The van der Waals surface area contributed by atoms with Gasteiger partial charge in [0.2, 0.25) is 0 Å². The molecule has 4 heteroatoms. The summed E-state index contributed by atoms with van der Waals surface area (Å²) in [5.74, 6) is 0.942. The van der Waals surface area contributed by atoms with E-state index in [2.05, 4.69) is 168 Å². The van der Waals surface area contributed by atoms with E-state index in [4.69, 9.17) is 4.74 Å². The van der Waals surface area contributed by atoms with Gasteiger partial charge in [0, 0.05) is 38.7 Å². The first-order valence-electron chi connectivity index (χ1n) is 16.7. The van der Waals surface area contributed by atoms with Crippen molar-refractivity contribution in [1.82, 2.24) is 9.13 Å². The van der Waals surface area contributed by atoms with Gasteiger partial charge in [0.15, 0.2) is 0 Å². The third kappa shape index (κ3) is 3.97. The molecule has 1 aliphatic heterocycles. The van der Waals surface area contributed by atoms with Crippen LogP contribution in [0.2, 0.25) is 0 Å². The van der Waals surface area contributed by atoms with Crippen LogP contribution in [0.4, 0.5) is 0 Å². The highest BCUT2D eigenvalue weighted by molar-refractivity contribution is 6.15. The van der Waals surface area contributed by atoms with Gasteiger partial charge in [0.05, 0.1) is 39.1 Å². The van der Waals surface area contributed by atoms with Crippen molar-refractivity contribution < 1.29 is 4.74 Å². The molecule has 2 aromatic heterocycles. The number of benzene rings is 7. The molecule has 7 aromatic carbocycles. The molecular formula is C45H29N3O. The number of nitriles is 1. The van der Waals surface area contributed by atoms with Crippen LogP contribution in [0.3, 0.4) is 0 Å². The summed E-state index contributed by atoms with van der Waals surface area (Å²) >= 11 is 0. The maximum absolute atomic E-state index is 10.4. The minimum Gasteiger partial charge on any atom is -0.485 e. The van der Waals surface area contributed by atoms with Gasteiger partial charge in [-0.3, -0.25) is 0 Å². The summed E-state index contributed by atoms with van der Waals surface area (Å²) in [7, 11) is 0. The van der Waals surface area contributed by atoms with Crippen molar-refractivity contribution in [1.29, 1.82) is 5.26 Å². The Morgan fingerprint density at radius 1 is 0.531 bits per heavy atom. The zero-order valence-electron chi connectivity index (χ0n) is 26.8. The largest absolute Gasteiger partial charge is 0.485 e. The van der Waals surface area contributed by atoms with Gasteiger partial charge in [-0.25, -0.2) is 0 Å². The molecule has 0 amide bonds. The van der Waals surface area contributed by atoms with Crippen molar-refractivity contribution >= 4 is 43.6 Å². The maximum atomic E-state index is 10.4. The van der Waals surface area contributed by atoms with Crippen LogP contribution in [0.5, 0.6) is 5.75 Å². The molecule has 0 fully saturated rings. The molecule has 0 aliphatic carbocycles. The van der Waals surface area contributed by atoms with E-state index in [1.807, 2.05) is 6.07 Å². The van der Waals surface area contributed by atoms with Gasteiger partial charge in [0.1, 0.15) is 11.9 Å². The fourth-order valence-corrected chi connectivity index (χ4v) is 7.98. The Morgan fingerprint density at radius 3 is 1.82 bits per heavy atom. The number of para-hydroxylation sites is 3. The molecule has 0 unspecified atom stereocenters. The Balaban J connectivity index is 1.09. The number of ether oxygens (including phenoxy) is 1. The van der Waals surface area contributed by atoms with Gasteiger partial charge < -0.3 is 13.9 Å². The lowest BCUT2D eigenvalue weighted by Gasteiger charge is -2.27. The van der Waals surface area contributed by atoms with Crippen LogP contribution < -0.4 is 4.74 Å². The quantitative estimate of drug-likeness (QED) is 0.196. The number of hydrogen-bond donors (Lipinski definition) is 0. The second-order valence-corrected chi connectivity index (χ2v) is 12.8. The molecule has 0 bridgehead atoms. The van der Waals surface area contributed by atoms with Gasteiger partial charge in [-0.1, -0.05) is 97.1 Å². The van der Waals surface area contributed by atoms with Crippen molar-refractivity contribution in [3.63, 3.8) is 0 Å². The van der Waals surface area contributed by atoms with Crippen LogP contribution in [-0.2, 0) is 0 Å². The average Bonchev–Trinajstić information content (AvgIpc) is 3.68. The summed E-state index contributed by atoms with van der Waals surface area (Å²) in [6, 6.07) is 55.7. The van der Waals surface area contributed by atoms with Gasteiger partial charge in [-0.2, -0.15) is 5.26 Å². The lowest BCUT2D eigenvalue weighted by molar-refractivity contribution is 0.226. The van der Waals surface area contributed by atoms with E-state index in [-0.39, 0.29) is 6.10 Å². The number of nitrogens with zero attached hydrogens (tertiary/aromatic N) is 3. The molecular weight excluding hydrogens is 599 g/mol. The van der Waals surface area contributed by atoms with Crippen molar-refractivity contribution in [2.45, 2.75) is 13.0 Å². The fraction of sp³-hybridized carbons (Fsp3) is 0.0444. The van der Waals surface area contributed by atoms with Crippen LogP contribution >= 0.6 is 0 Å². The second kappa shape index (κ2) is 10.5. The Hall–Kier alpha value is -6.57. The molecule has 0 radical (unpaired) electrons. The van der Waals surface area contributed by atoms with Crippen LogP contribution in [0.25, 0.3) is 77.2 Å². The van der Waals surface area contributed by atoms with Crippen LogP contribution in [0.1, 0.15) is 24.2 Å². The fourth-order valence-electron chi connectivity index (χ4n) is 7.98. The van der Waals surface area contributed by atoms with E-state index in [0.29, 0.717) is 5.56 Å². The van der Waals surface area contributed by atoms with E-state index in [0.717, 1.165) is 66.7 Å². The van der Waals surface area contributed by atoms with Gasteiger partial charge in [-0.15, -0.1) is 0 Å². The predicted molar refractivity (Wildman–Crippen MR) is 200 cm³/mol. The SMILES string of the molecule is C[C@H]1Oc2c(ccc3c2c2ccccc2n3-c2ccc(-c3ccc(-n4c5ccccc5c5ccccc54)cc3C#N)cc2)-c2ccccc21. The summed E-state index contributed by atoms with van der Waals surface area (Å²) in [6.07, 6.45) is -0.0358. The smallest absolute Gasteiger partial charge is 0.138 e. The minimum atomic E-state index is -0.0358. The first-order chi connectivity index (χ1) is 24.2. The summed E-state index contributed by atoms with van der Waals surface area (Å²) in [6.45, 7) is 2.13. The summed E-state index contributed by atoms with van der Waals surface area (Å²) in [5.41, 5.74) is 12.6. The Kier molecular flexibility index (Phi) is 5.88. The minimum absolute atomic E-state index is 0.0358. The van der Waals surface area contributed by atoms with Crippen molar-refractivity contribution in [3.05, 3.63) is 163 Å². The van der Waals surface area contributed by atoms with E-state index in [1.54, 1.807) is 0 Å². The normalized spacial score (nSPS) is 13.8. The number of aromatic nitrogens is 2. The van der Waals surface area contributed by atoms with E-state index >= 15 is 0 Å². The van der Waals surface area contributed by atoms with Crippen molar-refractivity contribution in [3.8, 4) is 45.4 Å². The molecule has 10 rings (SSSR count). The van der Waals surface area contributed by atoms with Crippen LogP contribution in [-0.4, -0.2) is 9.13 Å². The Labute approximate surface area is 283 Å². The molecule has 0 N–H and O–H groups in total. The van der Waals surface area contributed by atoms with Crippen molar-refractivity contribution in [2.75, 3.05) is 0 Å². The lowest BCUT2D eigenvalue weighted by Crippen LogP contribution is -2.11. The molecule has 0 spiro atoms. The first kappa shape index (κ1) is 27.5. The zero-order valence-corrected chi connectivity index (χ0v) is 26.8. The summed E-state index contributed by atoms with van der Waals surface area (Å²) < 4.78 is 11.2. The van der Waals surface area contributed by atoms with E-state index in [1.165, 1.54) is 21.9 Å². The molecule has 1 atom stereocenters. The van der Waals surface area contributed by atoms with Gasteiger partial charge >= 0.3 is 0 Å². The first-order valence-corrected chi connectivity index (χ1v) is 16.7. The second-order valence-electron chi connectivity index (χ2n) is 12.8. The summed E-state index contributed by atoms with van der Waals surface area (Å²) in [5, 5.41) is 15.1. The van der Waals surface area contributed by atoms with Crippen molar-refractivity contribution in [2.24, 2.45) is 0 Å². The molecule has 1 aliphatic rings. The molecule has 4 nitrogen and oxygen atoms in total. The predicted octanol–water partition coefficient (Wildman–Crippen LogP) is 11.5. The van der Waals surface area contributed by atoms with Crippen LogP contribution in [0.15, 0.2) is 152 Å². The third-order valence-corrected chi connectivity index (χ3v) is 10.2. The van der Waals surface area contributed by atoms with E-state index < -0.39 is 0 Å². The number of rotatable bonds is 3. The highest BCUT2D eigenvalue weighted by Gasteiger charge is 2.27. The highest BCUT2D eigenvalue weighted by atomic mass is 16.5. The lowest BCUT2D eigenvalue weighted by atomic mass is 9.92. The van der Waals surface area contributed by atoms with Gasteiger partial charge in [0.25, 0.3) is 0 Å². The standard InChI is InChI=1S/C45H29N3O/c1-28-33-10-2-3-11-35(33)38-24-25-43-44(45(38)49-28)39-14-6-9-17-42(39)47(43)31-20-18-29(19-21-31)34-23-22-32(26-30(34)27-46)48-40-15-7-4-12-36(40)37-13-5-8-16-41(37)48/h2-26,28H,1H3/t28-/m1/s1. The zero-order chi connectivity index (χ0) is 32.6. The molecule has 0 saturated carbocycles. The Bertz CT molecular complexity index is 2780. The summed E-state index contributed by atoms with van der Waals surface area (Å²) in [4.78, 5) is 0. The monoisotopic (exact) mass is 627 g/mol. The molecule has 230 valence electrons. The third-order valence-electron chi connectivity index (χ3n) is 10.2. The van der Waals surface area contributed by atoms with E-state index in [9.17, 15) is 5.26 Å². The molecule has 0 saturated heterocycles.